The molecule has 1 aromatic heterocycles. The highest BCUT2D eigenvalue weighted by Crippen LogP contribution is 2.27. The fourth-order valence-electron chi connectivity index (χ4n) is 3.24. The Morgan fingerprint density at radius 3 is 2.24 bits per heavy atom. The lowest BCUT2D eigenvalue weighted by molar-refractivity contribution is 0.383. The third-order valence-corrected chi connectivity index (χ3v) is 7.26. The van der Waals surface area contributed by atoms with Crippen molar-refractivity contribution in [1.29, 1.82) is 0 Å². The highest BCUT2D eigenvalue weighted by Gasteiger charge is 2.29. The number of piperazine rings is 1. The van der Waals surface area contributed by atoms with Crippen LogP contribution in [-0.2, 0) is 10.0 Å². The lowest BCUT2D eigenvalue weighted by Crippen LogP contribution is -2.49. The summed E-state index contributed by atoms with van der Waals surface area (Å²) in [4.78, 5) is 2.23. The molecule has 6 nitrogen and oxygen atoms in total. The van der Waals surface area contributed by atoms with Crippen LogP contribution in [0.1, 0.15) is 0 Å². The van der Waals surface area contributed by atoms with E-state index < -0.39 is 10.0 Å². The normalized spacial score (nSPS) is 15.4. The number of rotatable bonds is 4. The molecule has 0 atom stereocenters. The van der Waals surface area contributed by atoms with Gasteiger partial charge in [-0.25, -0.2) is 8.42 Å². The molecule has 1 aliphatic rings. The summed E-state index contributed by atoms with van der Waals surface area (Å²) >= 11 is 12.2. The summed E-state index contributed by atoms with van der Waals surface area (Å²) < 4.78 is 27.1. The number of nitrogens with zero attached hydrogens (tertiary/aromatic N) is 4. The molecule has 0 N–H and O–H groups in total. The quantitative estimate of drug-likeness (QED) is 0.603. The molecule has 0 spiro atoms. The molecule has 4 rings (SSSR count). The van der Waals surface area contributed by atoms with Gasteiger partial charge in [-0.2, -0.15) is 4.31 Å². The fraction of sp³-hybridized carbons (Fsp3) is 0.200. The average molecular weight is 449 g/mol. The molecule has 29 heavy (non-hydrogen) atoms. The van der Waals surface area contributed by atoms with Crippen LogP contribution in [0.4, 0.5) is 5.82 Å². The monoisotopic (exact) mass is 448 g/mol. The van der Waals surface area contributed by atoms with Gasteiger partial charge in [0, 0.05) is 36.8 Å². The lowest BCUT2D eigenvalue weighted by atomic mass is 10.1. The van der Waals surface area contributed by atoms with Crippen molar-refractivity contribution in [2.24, 2.45) is 0 Å². The zero-order chi connectivity index (χ0) is 20.4. The minimum Gasteiger partial charge on any atom is -0.352 e. The van der Waals surface area contributed by atoms with Crippen LogP contribution in [0.25, 0.3) is 11.3 Å². The number of sulfonamides is 1. The smallest absolute Gasteiger partial charge is 0.243 e. The van der Waals surface area contributed by atoms with Crippen LogP contribution in [0.5, 0.6) is 0 Å². The van der Waals surface area contributed by atoms with Crippen LogP contribution in [-0.4, -0.2) is 49.1 Å². The van der Waals surface area contributed by atoms with Crippen LogP contribution in [0.2, 0.25) is 10.0 Å². The van der Waals surface area contributed by atoms with Gasteiger partial charge >= 0.3 is 0 Å². The summed E-state index contributed by atoms with van der Waals surface area (Å²) in [6.07, 6.45) is 0. The van der Waals surface area contributed by atoms with Gasteiger partial charge in [-0.3, -0.25) is 0 Å². The summed E-state index contributed by atoms with van der Waals surface area (Å²) in [5, 5.41) is 9.62. The number of anilines is 1. The minimum absolute atomic E-state index is 0.210. The summed E-state index contributed by atoms with van der Waals surface area (Å²) in [6, 6.07) is 17.6. The minimum atomic E-state index is -3.57. The predicted molar refractivity (Wildman–Crippen MR) is 115 cm³/mol. The first-order valence-corrected chi connectivity index (χ1v) is 11.2. The second-order valence-electron chi connectivity index (χ2n) is 6.61. The molecule has 2 aromatic carbocycles. The molecule has 1 fully saturated rings. The highest BCUT2D eigenvalue weighted by atomic mass is 35.5. The van der Waals surface area contributed by atoms with E-state index >= 15 is 0 Å². The van der Waals surface area contributed by atoms with E-state index in [1.165, 1.54) is 10.4 Å². The average Bonchev–Trinajstić information content (AvgIpc) is 2.74. The topological polar surface area (TPSA) is 66.4 Å². The third-order valence-electron chi connectivity index (χ3n) is 4.80. The van der Waals surface area contributed by atoms with E-state index in [2.05, 4.69) is 10.2 Å². The number of hydrogen-bond donors (Lipinski definition) is 0. The molecule has 150 valence electrons. The van der Waals surface area contributed by atoms with Crippen LogP contribution in [0.3, 0.4) is 0 Å². The Balaban J connectivity index is 1.45. The Bertz CT molecular complexity index is 1120. The second-order valence-corrected chi connectivity index (χ2v) is 9.39. The molecule has 0 bridgehead atoms. The largest absolute Gasteiger partial charge is 0.352 e. The van der Waals surface area contributed by atoms with Crippen molar-refractivity contribution >= 4 is 39.0 Å². The number of benzene rings is 2. The van der Waals surface area contributed by atoms with Gasteiger partial charge in [-0.05, 0) is 36.4 Å². The Morgan fingerprint density at radius 2 is 1.59 bits per heavy atom. The summed E-state index contributed by atoms with van der Waals surface area (Å²) in [6.45, 7) is 1.78. The maximum atomic E-state index is 12.8. The summed E-state index contributed by atoms with van der Waals surface area (Å²) in [5.41, 5.74) is 1.52. The van der Waals surface area contributed by atoms with Crippen molar-refractivity contribution < 1.29 is 8.42 Å². The SMILES string of the molecule is O=S(=O)(c1cccc(Cl)c1)N1CCN(c2ccc(-c3ccccc3Cl)nn2)CC1. The van der Waals surface area contributed by atoms with Crippen LogP contribution >= 0.6 is 23.2 Å². The van der Waals surface area contributed by atoms with Crippen LogP contribution in [0.15, 0.2) is 65.6 Å². The number of hydrogen-bond acceptors (Lipinski definition) is 5. The van der Waals surface area contributed by atoms with Crippen LogP contribution < -0.4 is 4.90 Å². The van der Waals surface area contributed by atoms with E-state index in [1.807, 2.05) is 41.3 Å². The second kappa shape index (κ2) is 8.28. The molecular weight excluding hydrogens is 431 g/mol. The van der Waals surface area contributed by atoms with Gasteiger partial charge in [0.15, 0.2) is 5.82 Å². The Labute approximate surface area is 179 Å². The van der Waals surface area contributed by atoms with Crippen molar-refractivity contribution in [3.05, 3.63) is 70.7 Å². The molecule has 0 aliphatic carbocycles. The Hall–Kier alpha value is -2.19. The Morgan fingerprint density at radius 1 is 0.828 bits per heavy atom. The maximum absolute atomic E-state index is 12.8. The highest BCUT2D eigenvalue weighted by molar-refractivity contribution is 7.89. The first-order valence-electron chi connectivity index (χ1n) is 9.04. The van der Waals surface area contributed by atoms with Gasteiger partial charge < -0.3 is 4.90 Å². The molecule has 0 radical (unpaired) electrons. The first kappa shape index (κ1) is 20.1. The molecule has 3 aromatic rings. The molecule has 0 unspecified atom stereocenters. The fourth-order valence-corrected chi connectivity index (χ4v) is 5.20. The summed E-state index contributed by atoms with van der Waals surface area (Å²) in [7, 11) is -3.57. The molecular formula is C20H18Cl2N4O2S. The van der Waals surface area contributed by atoms with Gasteiger partial charge in [-0.1, -0.05) is 47.5 Å². The van der Waals surface area contributed by atoms with Crippen molar-refractivity contribution in [3.8, 4) is 11.3 Å². The van der Waals surface area contributed by atoms with Crippen molar-refractivity contribution in [2.75, 3.05) is 31.1 Å². The maximum Gasteiger partial charge on any atom is 0.243 e. The van der Waals surface area contributed by atoms with E-state index in [1.54, 1.807) is 18.2 Å². The van der Waals surface area contributed by atoms with Crippen molar-refractivity contribution in [2.45, 2.75) is 4.90 Å². The number of halogens is 2. The van der Waals surface area contributed by atoms with E-state index in [0.717, 1.165) is 5.56 Å². The standard InChI is InChI=1S/C20H18Cl2N4O2S/c21-15-4-3-5-16(14-15)29(27,28)26-12-10-25(11-13-26)20-9-8-19(23-24-20)17-6-1-2-7-18(17)22/h1-9,14H,10-13H2. The first-order chi connectivity index (χ1) is 13.9. The van der Waals surface area contributed by atoms with E-state index in [4.69, 9.17) is 23.2 Å². The Kier molecular flexibility index (Phi) is 5.74. The summed E-state index contributed by atoms with van der Waals surface area (Å²) in [5.74, 6) is 0.709. The number of aromatic nitrogens is 2. The molecule has 0 saturated carbocycles. The molecule has 1 aliphatic heterocycles. The molecule has 0 amide bonds. The zero-order valence-corrected chi connectivity index (χ0v) is 17.7. The van der Waals surface area contributed by atoms with Crippen LogP contribution in [0, 0.1) is 0 Å². The third kappa shape index (κ3) is 4.23. The zero-order valence-electron chi connectivity index (χ0n) is 15.4. The lowest BCUT2D eigenvalue weighted by Gasteiger charge is -2.34. The van der Waals surface area contributed by atoms with E-state index in [9.17, 15) is 8.42 Å². The predicted octanol–water partition coefficient (Wildman–Crippen LogP) is 3.96. The molecule has 1 saturated heterocycles. The van der Waals surface area contributed by atoms with Crippen molar-refractivity contribution in [1.82, 2.24) is 14.5 Å². The van der Waals surface area contributed by atoms with Crippen molar-refractivity contribution in [3.63, 3.8) is 0 Å². The van der Waals surface area contributed by atoms with E-state index in [-0.39, 0.29) is 4.90 Å². The van der Waals surface area contributed by atoms with E-state index in [0.29, 0.717) is 47.7 Å². The van der Waals surface area contributed by atoms with Gasteiger partial charge in [0.2, 0.25) is 10.0 Å². The van der Waals surface area contributed by atoms with Gasteiger partial charge in [0.1, 0.15) is 0 Å². The van der Waals surface area contributed by atoms with Gasteiger partial charge in [-0.15, -0.1) is 10.2 Å². The van der Waals surface area contributed by atoms with Gasteiger partial charge in [0.25, 0.3) is 0 Å². The van der Waals surface area contributed by atoms with Gasteiger partial charge in [0.05, 0.1) is 15.6 Å². The molecule has 2 heterocycles. The molecule has 9 heteroatoms.